The van der Waals surface area contributed by atoms with Crippen LogP contribution in [0.15, 0.2) is 73.3 Å². The summed E-state index contributed by atoms with van der Waals surface area (Å²) in [4.78, 5) is 0. The number of ether oxygens (including phenoxy) is 3. The van der Waals surface area contributed by atoms with Crippen molar-refractivity contribution < 1.29 is 38.7 Å². The Labute approximate surface area is 310 Å². The van der Waals surface area contributed by atoms with E-state index in [1.165, 1.54) is 77.1 Å². The molecule has 0 atom stereocenters. The van der Waals surface area contributed by atoms with Crippen LogP contribution in [0.5, 0.6) is 34.5 Å². The highest BCUT2D eigenvalue weighted by atomic mass is 33.1. The van der Waals surface area contributed by atoms with Crippen LogP contribution in [0.2, 0.25) is 0 Å². The molecule has 2 heterocycles. The predicted molar refractivity (Wildman–Crippen MR) is 211 cm³/mol. The Balaban J connectivity index is 0.978. The van der Waals surface area contributed by atoms with E-state index in [4.69, 9.17) is 14.2 Å². The van der Waals surface area contributed by atoms with Gasteiger partial charge in [-0.1, -0.05) is 58.7 Å². The molecule has 2 aromatic carbocycles. The van der Waals surface area contributed by atoms with E-state index < -0.39 is 0 Å². The van der Waals surface area contributed by atoms with E-state index >= 15 is 0 Å². The third-order valence-electron chi connectivity index (χ3n) is 8.40. The van der Waals surface area contributed by atoms with E-state index in [0.717, 1.165) is 29.8 Å². The molecular formula is C41H52N2O6S2+2. The molecule has 0 aliphatic rings. The Kier molecular flexibility index (Phi) is 16.9. The number of phenolic OH excluding ortho intramolecular Hbond substituents is 3. The summed E-state index contributed by atoms with van der Waals surface area (Å²) in [6, 6.07) is 15.0. The first-order chi connectivity index (χ1) is 24.9. The SMILES string of the molecule is COc1cc(/C=C/c2cc[n+](CCCCCCSSCCCCCC[n+]3ccc(/C=C/c4cc(O)c(OC)c(O)c4)cc3)cc2)cc(O)c1OC. The number of aryl methyl sites for hydroxylation is 2. The number of phenols is 3. The lowest BCUT2D eigenvalue weighted by Crippen LogP contribution is -2.32. The maximum Gasteiger partial charge on any atom is 0.203 e. The number of rotatable bonds is 22. The number of hydrogen-bond acceptors (Lipinski definition) is 8. The van der Waals surface area contributed by atoms with Gasteiger partial charge in [0.25, 0.3) is 0 Å². The fourth-order valence-corrected chi connectivity index (χ4v) is 7.86. The summed E-state index contributed by atoms with van der Waals surface area (Å²) in [6.07, 6.45) is 26.2. The molecule has 2 aromatic heterocycles. The summed E-state index contributed by atoms with van der Waals surface area (Å²) in [7, 11) is 8.53. The van der Waals surface area contributed by atoms with Crippen LogP contribution in [0.4, 0.5) is 0 Å². The van der Waals surface area contributed by atoms with E-state index in [9.17, 15) is 15.3 Å². The number of aromatic hydroxyl groups is 3. The standard InChI is InChI=1S/C41H50N2O6S2/c1-47-39-31-35(30-38(46)41(39)49-3)15-13-33-18-24-43(25-19-33)21-9-5-7-11-27-51-50-26-10-6-4-8-20-42-22-16-32(17-23-42)12-14-34-28-36(44)40(48-2)37(45)29-34/h12-19,22-25,28-31H,4-11,20-21,26-27H2,1-3H3,(H-2,44,45,46)/p+2/b14-12+,15-13+. The average molecular weight is 733 g/mol. The summed E-state index contributed by atoms with van der Waals surface area (Å²) in [5.74, 6) is 3.27. The Hall–Kier alpha value is -4.28. The van der Waals surface area contributed by atoms with Gasteiger partial charge in [-0.3, -0.25) is 0 Å². The smallest absolute Gasteiger partial charge is 0.203 e. The van der Waals surface area contributed by atoms with Gasteiger partial charge in [0.1, 0.15) is 13.1 Å². The largest absolute Gasteiger partial charge is 0.504 e. The van der Waals surface area contributed by atoms with E-state index in [-0.39, 0.29) is 23.0 Å². The van der Waals surface area contributed by atoms with E-state index in [0.29, 0.717) is 17.1 Å². The van der Waals surface area contributed by atoms with Crippen LogP contribution >= 0.6 is 21.6 Å². The van der Waals surface area contributed by atoms with Gasteiger partial charge < -0.3 is 29.5 Å². The third kappa shape index (κ3) is 13.4. The Morgan fingerprint density at radius 1 is 0.490 bits per heavy atom. The van der Waals surface area contributed by atoms with Gasteiger partial charge in [0.2, 0.25) is 11.5 Å². The number of pyridine rings is 2. The molecule has 0 saturated heterocycles. The molecule has 0 radical (unpaired) electrons. The van der Waals surface area contributed by atoms with Crippen LogP contribution in [0.3, 0.4) is 0 Å². The van der Waals surface area contributed by atoms with Gasteiger partial charge in [-0.25, -0.2) is 9.13 Å². The van der Waals surface area contributed by atoms with Crippen molar-refractivity contribution in [1.82, 2.24) is 0 Å². The second-order valence-electron chi connectivity index (χ2n) is 12.2. The Bertz CT molecular complexity index is 1670. The van der Waals surface area contributed by atoms with Gasteiger partial charge in [0, 0.05) is 48.6 Å². The number of unbranched alkanes of at least 4 members (excludes halogenated alkanes) is 6. The molecule has 8 nitrogen and oxygen atoms in total. The van der Waals surface area contributed by atoms with Crippen LogP contribution in [-0.4, -0.2) is 48.2 Å². The van der Waals surface area contributed by atoms with E-state index in [2.05, 4.69) is 58.2 Å². The highest BCUT2D eigenvalue weighted by Gasteiger charge is 2.11. The van der Waals surface area contributed by atoms with Gasteiger partial charge in [0.05, 0.1) is 21.3 Å². The molecule has 4 aromatic rings. The van der Waals surface area contributed by atoms with Crippen molar-refractivity contribution in [2.45, 2.75) is 64.5 Å². The number of benzene rings is 2. The molecule has 0 fully saturated rings. The molecule has 0 bridgehead atoms. The van der Waals surface area contributed by atoms with Crippen LogP contribution in [-0.2, 0) is 13.1 Å². The second kappa shape index (κ2) is 21.8. The molecule has 0 amide bonds. The minimum atomic E-state index is -0.0825. The average Bonchev–Trinajstić information content (AvgIpc) is 3.13. The molecule has 0 unspecified atom stereocenters. The zero-order valence-corrected chi connectivity index (χ0v) is 31.6. The van der Waals surface area contributed by atoms with Gasteiger partial charge in [-0.05, 0) is 72.2 Å². The molecule has 272 valence electrons. The molecule has 0 aliphatic carbocycles. The van der Waals surface area contributed by atoms with Crippen molar-refractivity contribution >= 4 is 45.9 Å². The van der Waals surface area contributed by atoms with Crippen LogP contribution < -0.4 is 23.3 Å². The second-order valence-corrected chi connectivity index (χ2v) is 14.9. The van der Waals surface area contributed by atoms with E-state index in [1.807, 2.05) is 52.0 Å². The summed E-state index contributed by atoms with van der Waals surface area (Å²) in [5, 5.41) is 30.1. The molecule has 4 rings (SSSR count). The number of nitrogens with zero attached hydrogens (tertiary/aromatic N) is 2. The first-order valence-electron chi connectivity index (χ1n) is 17.5. The third-order valence-corrected chi connectivity index (χ3v) is 11.0. The molecule has 3 N–H and O–H groups in total. The first kappa shape index (κ1) is 39.5. The molecule has 10 heteroatoms. The molecule has 51 heavy (non-hydrogen) atoms. The van der Waals surface area contributed by atoms with E-state index in [1.54, 1.807) is 25.3 Å². The summed E-state index contributed by atoms with van der Waals surface area (Å²) in [6.45, 7) is 2.04. The highest BCUT2D eigenvalue weighted by molar-refractivity contribution is 8.76. The van der Waals surface area contributed by atoms with Crippen LogP contribution in [0.25, 0.3) is 24.3 Å². The van der Waals surface area contributed by atoms with Crippen LogP contribution in [0.1, 0.15) is 73.6 Å². The van der Waals surface area contributed by atoms with Crippen LogP contribution in [0, 0.1) is 0 Å². The normalized spacial score (nSPS) is 11.4. The summed E-state index contributed by atoms with van der Waals surface area (Å²) < 4.78 is 20.0. The van der Waals surface area contributed by atoms with Crippen molar-refractivity contribution in [3.8, 4) is 34.5 Å². The van der Waals surface area contributed by atoms with Gasteiger partial charge in [-0.15, -0.1) is 0 Å². The number of aromatic nitrogens is 2. The lowest BCUT2D eigenvalue weighted by Gasteiger charge is -2.10. The maximum atomic E-state index is 10.2. The van der Waals surface area contributed by atoms with Gasteiger partial charge >= 0.3 is 0 Å². The number of methoxy groups -OCH3 is 3. The Morgan fingerprint density at radius 2 is 0.882 bits per heavy atom. The summed E-state index contributed by atoms with van der Waals surface area (Å²) in [5.41, 5.74) is 3.69. The number of hydrogen-bond donors (Lipinski definition) is 3. The highest BCUT2D eigenvalue weighted by Crippen LogP contribution is 2.38. The zero-order chi connectivity index (χ0) is 36.3. The van der Waals surface area contributed by atoms with Crippen molar-refractivity contribution in [2.75, 3.05) is 32.8 Å². The van der Waals surface area contributed by atoms with Gasteiger partial charge in [0.15, 0.2) is 47.8 Å². The van der Waals surface area contributed by atoms with Crippen molar-refractivity contribution in [3.63, 3.8) is 0 Å². The molecule has 0 aliphatic heterocycles. The Morgan fingerprint density at radius 3 is 1.31 bits per heavy atom. The lowest BCUT2D eigenvalue weighted by molar-refractivity contribution is -0.697. The fourth-order valence-electron chi connectivity index (χ4n) is 5.56. The minimum absolute atomic E-state index is 0.0584. The lowest BCUT2D eigenvalue weighted by atomic mass is 10.1. The quantitative estimate of drug-likeness (QED) is 0.0419. The first-order valence-corrected chi connectivity index (χ1v) is 20.0. The maximum absolute atomic E-state index is 10.2. The summed E-state index contributed by atoms with van der Waals surface area (Å²) >= 11 is 0. The predicted octanol–water partition coefficient (Wildman–Crippen LogP) is 8.95. The topological polar surface area (TPSA) is 96.1 Å². The monoisotopic (exact) mass is 732 g/mol. The fraction of sp³-hybridized carbons (Fsp3) is 0.366. The minimum Gasteiger partial charge on any atom is -0.504 e. The zero-order valence-electron chi connectivity index (χ0n) is 30.0. The molecule has 0 saturated carbocycles. The van der Waals surface area contributed by atoms with Crippen molar-refractivity contribution in [2.24, 2.45) is 0 Å². The van der Waals surface area contributed by atoms with Crippen molar-refractivity contribution in [1.29, 1.82) is 0 Å². The van der Waals surface area contributed by atoms with Crippen molar-refractivity contribution in [3.05, 3.63) is 95.6 Å². The molecule has 0 spiro atoms. The molecular weight excluding hydrogens is 681 g/mol. The van der Waals surface area contributed by atoms with Gasteiger partial charge in [-0.2, -0.15) is 0 Å².